The maximum absolute atomic E-state index is 11.6. The Morgan fingerprint density at radius 3 is 1.62 bits per heavy atom. The maximum atomic E-state index is 11.6. The van der Waals surface area contributed by atoms with Gasteiger partial charge in [-0.1, -0.05) is 20.8 Å². The molecule has 4 nitrogen and oxygen atoms in total. The molecule has 0 aromatic carbocycles. The molecule has 0 aliphatic carbocycles. The van der Waals surface area contributed by atoms with Gasteiger partial charge in [0.2, 0.25) is 0 Å². The van der Waals surface area contributed by atoms with E-state index in [0.29, 0.717) is 0 Å². The van der Waals surface area contributed by atoms with Crippen LogP contribution in [0.1, 0.15) is 42.5 Å². The third kappa shape index (κ3) is 5.46. The predicted octanol–water partition coefficient (Wildman–Crippen LogP) is -1.21. The number of hydrogen-bond donors (Lipinski definition) is 1. The number of carbonyl (C=O) groups is 3. The van der Waals surface area contributed by atoms with E-state index in [0.717, 1.165) is 0 Å². The first-order valence-corrected chi connectivity index (χ1v) is 4.79. The molecule has 0 bridgehead atoms. The third-order valence-corrected chi connectivity index (χ3v) is 2.39. The summed E-state index contributed by atoms with van der Waals surface area (Å²) in [4.78, 5) is 33.9. The first-order valence-electron chi connectivity index (χ1n) is 4.79. The Morgan fingerprint density at radius 1 is 1.00 bits per heavy atom. The van der Waals surface area contributed by atoms with Gasteiger partial charge < -0.3 is 6.53 Å². The minimum atomic E-state index is -1.49. The van der Waals surface area contributed by atoms with Crippen molar-refractivity contribution < 1.29 is 89.8 Å². The molecular weight excluding hydrogens is 329 g/mol. The van der Waals surface area contributed by atoms with E-state index >= 15 is 0 Å². The number of carbonyl (C=O) groups excluding carboxylic acids is 2. The van der Waals surface area contributed by atoms with E-state index in [4.69, 9.17) is 5.11 Å². The standard InChI is InChI=1S/C11H18O4.Cs.H/c1-10(2,3)7(12)6-8(13)11(4,5)9(14)15;;/h6H2,1-5H3,(H,14,15);;/q;+1;-1. The molecule has 0 amide bonds. The largest absolute Gasteiger partial charge is 1.00 e. The van der Waals surface area contributed by atoms with Crippen molar-refractivity contribution in [3.05, 3.63) is 0 Å². The van der Waals surface area contributed by atoms with Crippen LogP contribution in [0.15, 0.2) is 0 Å². The zero-order valence-electron chi connectivity index (χ0n) is 11.9. The summed E-state index contributed by atoms with van der Waals surface area (Å²) in [5.41, 5.74) is -2.09. The summed E-state index contributed by atoms with van der Waals surface area (Å²) in [6, 6.07) is 0. The number of carboxylic acids is 1. The number of aliphatic carboxylic acids is 1. The van der Waals surface area contributed by atoms with Crippen LogP contribution in [-0.2, 0) is 14.4 Å². The van der Waals surface area contributed by atoms with Gasteiger partial charge in [0, 0.05) is 5.41 Å². The van der Waals surface area contributed by atoms with Gasteiger partial charge >= 0.3 is 74.9 Å². The monoisotopic (exact) mass is 348 g/mol. The Bertz CT molecular complexity index is 305. The van der Waals surface area contributed by atoms with Gasteiger partial charge in [0.05, 0.1) is 6.42 Å². The number of rotatable bonds is 4. The van der Waals surface area contributed by atoms with E-state index in [2.05, 4.69) is 0 Å². The molecule has 0 aliphatic rings. The fourth-order valence-corrected chi connectivity index (χ4v) is 0.751. The van der Waals surface area contributed by atoms with Gasteiger partial charge in [-0.25, -0.2) is 0 Å². The Hall–Kier alpha value is 0.862. The smallest absolute Gasteiger partial charge is 1.00 e. The van der Waals surface area contributed by atoms with Gasteiger partial charge in [0.1, 0.15) is 11.2 Å². The minimum absolute atomic E-state index is 0. The molecule has 0 atom stereocenters. The van der Waals surface area contributed by atoms with E-state index in [1.54, 1.807) is 20.8 Å². The quantitative estimate of drug-likeness (QED) is 0.647. The van der Waals surface area contributed by atoms with Gasteiger partial charge in [-0.2, -0.15) is 0 Å². The van der Waals surface area contributed by atoms with Crippen LogP contribution < -0.4 is 68.9 Å². The SMILES string of the molecule is CC(C)(C)C(=O)CC(=O)C(C)(C)C(=O)O.[Cs+].[H-]. The topological polar surface area (TPSA) is 71.4 Å². The fraction of sp³-hybridized carbons (Fsp3) is 0.727. The van der Waals surface area contributed by atoms with Crippen LogP contribution in [0.2, 0.25) is 0 Å². The molecule has 0 aromatic rings. The van der Waals surface area contributed by atoms with Crippen molar-refractivity contribution in [1.82, 2.24) is 0 Å². The summed E-state index contributed by atoms with van der Waals surface area (Å²) in [6.07, 6.45) is -0.317. The van der Waals surface area contributed by atoms with E-state index in [-0.39, 0.29) is 82.5 Å². The Labute approximate surface area is 156 Å². The second-order valence-electron chi connectivity index (χ2n) is 5.20. The van der Waals surface area contributed by atoms with Crippen molar-refractivity contribution in [2.24, 2.45) is 10.8 Å². The first-order chi connectivity index (χ1) is 6.49. The second kappa shape index (κ2) is 6.70. The van der Waals surface area contributed by atoms with Crippen LogP contribution in [0.3, 0.4) is 0 Å². The Kier molecular flexibility index (Phi) is 8.05. The first kappa shape index (κ1) is 19.2. The van der Waals surface area contributed by atoms with Crippen molar-refractivity contribution in [3.63, 3.8) is 0 Å². The summed E-state index contributed by atoms with van der Waals surface area (Å²) < 4.78 is 0. The number of hydrogen-bond acceptors (Lipinski definition) is 3. The Balaban J connectivity index is -0.000000980. The molecule has 0 radical (unpaired) electrons. The van der Waals surface area contributed by atoms with Gasteiger partial charge in [0.25, 0.3) is 0 Å². The summed E-state index contributed by atoms with van der Waals surface area (Å²) in [7, 11) is 0. The summed E-state index contributed by atoms with van der Waals surface area (Å²) in [5.74, 6) is -1.98. The van der Waals surface area contributed by atoms with Crippen LogP contribution in [0.25, 0.3) is 0 Å². The number of Topliss-reactive ketones (excluding diaryl/α,β-unsaturated/α-hetero) is 2. The van der Waals surface area contributed by atoms with Crippen molar-refractivity contribution in [2.45, 2.75) is 41.0 Å². The average molecular weight is 348 g/mol. The van der Waals surface area contributed by atoms with E-state index in [9.17, 15) is 14.4 Å². The zero-order valence-corrected chi connectivity index (χ0v) is 17.2. The third-order valence-electron chi connectivity index (χ3n) is 2.39. The zero-order chi connectivity index (χ0) is 12.4. The Morgan fingerprint density at radius 2 is 1.38 bits per heavy atom. The van der Waals surface area contributed by atoms with Gasteiger partial charge in [-0.15, -0.1) is 0 Å². The van der Waals surface area contributed by atoms with Gasteiger partial charge in [0.15, 0.2) is 5.78 Å². The van der Waals surface area contributed by atoms with Crippen LogP contribution >= 0.6 is 0 Å². The molecule has 0 spiro atoms. The van der Waals surface area contributed by atoms with Crippen molar-refractivity contribution in [3.8, 4) is 0 Å². The second-order valence-corrected chi connectivity index (χ2v) is 5.20. The molecule has 0 saturated carbocycles. The molecule has 0 heterocycles. The predicted molar refractivity (Wildman–Crippen MR) is 56.6 cm³/mol. The van der Waals surface area contributed by atoms with Crippen LogP contribution in [0, 0.1) is 10.8 Å². The van der Waals surface area contributed by atoms with E-state index in [1.807, 2.05) is 0 Å². The van der Waals surface area contributed by atoms with Gasteiger partial charge in [-0.3, -0.25) is 14.4 Å². The average Bonchev–Trinajstić information content (AvgIpc) is 2.01. The molecule has 0 unspecified atom stereocenters. The molecular formula is C11H19CsO4. The van der Waals surface area contributed by atoms with Crippen molar-refractivity contribution >= 4 is 17.5 Å². The molecule has 16 heavy (non-hydrogen) atoms. The molecule has 0 rings (SSSR count). The molecule has 0 saturated heterocycles. The van der Waals surface area contributed by atoms with Crippen LogP contribution in [0.4, 0.5) is 0 Å². The normalized spacial score (nSPS) is 11.6. The van der Waals surface area contributed by atoms with Crippen LogP contribution in [0.5, 0.6) is 0 Å². The molecule has 0 aliphatic heterocycles. The van der Waals surface area contributed by atoms with Gasteiger partial charge in [-0.05, 0) is 13.8 Å². The minimum Gasteiger partial charge on any atom is -1.00 e. The molecule has 0 fully saturated rings. The van der Waals surface area contributed by atoms with E-state index in [1.165, 1.54) is 13.8 Å². The maximum Gasteiger partial charge on any atom is 1.00 e. The van der Waals surface area contributed by atoms with Crippen molar-refractivity contribution in [2.75, 3.05) is 0 Å². The summed E-state index contributed by atoms with van der Waals surface area (Å²) >= 11 is 0. The molecule has 0 aromatic heterocycles. The van der Waals surface area contributed by atoms with E-state index < -0.39 is 22.6 Å². The van der Waals surface area contributed by atoms with Crippen molar-refractivity contribution in [1.29, 1.82) is 0 Å². The molecule has 5 heteroatoms. The summed E-state index contributed by atoms with van der Waals surface area (Å²) in [5, 5.41) is 8.80. The fourth-order valence-electron chi connectivity index (χ4n) is 0.751. The molecule has 88 valence electrons. The number of ketones is 2. The number of carboxylic acid groups (broad SMARTS) is 1. The summed E-state index contributed by atoms with van der Waals surface area (Å²) in [6.45, 7) is 7.74. The van der Waals surface area contributed by atoms with Crippen LogP contribution in [-0.4, -0.2) is 22.6 Å². The molecule has 1 N–H and O–H groups in total.